The van der Waals surface area contributed by atoms with E-state index in [0.717, 1.165) is 0 Å². The summed E-state index contributed by atoms with van der Waals surface area (Å²) >= 11 is 0. The molecule has 0 saturated carbocycles. The molecular formula is C8H7F2NO. The largest absolute Gasteiger partial charge is 0.296 e. The number of aromatic nitrogens is 1. The van der Waals surface area contributed by atoms with Gasteiger partial charge in [0.2, 0.25) is 0 Å². The summed E-state index contributed by atoms with van der Waals surface area (Å²) in [6.07, 6.45) is -2.15. The molecule has 2 nitrogen and oxygen atoms in total. The number of alkyl halides is 2. The van der Waals surface area contributed by atoms with Crippen LogP contribution in [0.15, 0.2) is 12.1 Å². The molecule has 1 aromatic heterocycles. The van der Waals surface area contributed by atoms with Gasteiger partial charge < -0.3 is 0 Å². The van der Waals surface area contributed by atoms with Crippen LogP contribution in [0.4, 0.5) is 8.78 Å². The molecule has 0 N–H and O–H groups in total. The molecule has 0 bridgehead atoms. The number of hydrogen-bond acceptors (Lipinski definition) is 2. The Balaban J connectivity index is 3.13. The highest BCUT2D eigenvalue weighted by atomic mass is 19.3. The molecule has 0 aliphatic rings. The van der Waals surface area contributed by atoms with Crippen LogP contribution in [-0.2, 0) is 0 Å². The second-order valence-corrected chi connectivity index (χ2v) is 2.36. The van der Waals surface area contributed by atoms with Gasteiger partial charge in [0.25, 0.3) is 6.43 Å². The maximum atomic E-state index is 12.0. The third-order valence-electron chi connectivity index (χ3n) is 1.49. The summed E-state index contributed by atoms with van der Waals surface area (Å²) < 4.78 is 24.1. The first-order valence-corrected chi connectivity index (χ1v) is 3.36. The molecule has 64 valence electrons. The van der Waals surface area contributed by atoms with E-state index in [1.165, 1.54) is 12.1 Å². The Bertz CT molecular complexity index is 299. The van der Waals surface area contributed by atoms with Gasteiger partial charge in [0.05, 0.1) is 0 Å². The van der Waals surface area contributed by atoms with Crippen molar-refractivity contribution in [2.45, 2.75) is 13.3 Å². The third kappa shape index (κ3) is 1.64. The van der Waals surface area contributed by atoms with Crippen molar-refractivity contribution in [3.8, 4) is 0 Å². The fraction of sp³-hybridized carbons (Fsp3) is 0.250. The second-order valence-electron chi connectivity index (χ2n) is 2.36. The van der Waals surface area contributed by atoms with E-state index in [9.17, 15) is 13.6 Å². The van der Waals surface area contributed by atoms with Crippen molar-refractivity contribution in [3.63, 3.8) is 0 Å². The minimum absolute atomic E-state index is 0.0767. The van der Waals surface area contributed by atoms with Crippen molar-refractivity contribution >= 4 is 6.29 Å². The lowest BCUT2D eigenvalue weighted by molar-refractivity contribution is 0.111. The van der Waals surface area contributed by atoms with Gasteiger partial charge in [-0.05, 0) is 18.6 Å². The van der Waals surface area contributed by atoms with Crippen LogP contribution in [0, 0.1) is 6.92 Å². The number of aldehydes is 1. The number of carbonyl (C=O) groups is 1. The number of nitrogens with zero attached hydrogens (tertiary/aromatic N) is 1. The molecule has 0 aliphatic heterocycles. The Labute approximate surface area is 68.2 Å². The predicted octanol–water partition coefficient (Wildman–Crippen LogP) is 2.14. The maximum Gasteiger partial charge on any atom is 0.280 e. The van der Waals surface area contributed by atoms with Crippen molar-refractivity contribution in [1.29, 1.82) is 0 Å². The van der Waals surface area contributed by atoms with E-state index in [1.54, 1.807) is 6.92 Å². The van der Waals surface area contributed by atoms with E-state index in [4.69, 9.17) is 0 Å². The molecule has 0 amide bonds. The van der Waals surface area contributed by atoms with Crippen LogP contribution in [-0.4, -0.2) is 11.3 Å². The summed E-state index contributed by atoms with van der Waals surface area (Å²) in [6, 6.07) is 2.67. The first-order chi connectivity index (χ1) is 5.65. The molecule has 12 heavy (non-hydrogen) atoms. The van der Waals surface area contributed by atoms with Crippen LogP contribution in [0.5, 0.6) is 0 Å². The number of hydrogen-bond donors (Lipinski definition) is 0. The van der Waals surface area contributed by atoms with Crippen LogP contribution >= 0.6 is 0 Å². The summed E-state index contributed by atoms with van der Waals surface area (Å²) in [5.74, 6) is 0. The SMILES string of the molecule is Cc1ccc(C(F)F)nc1C=O. The molecule has 0 fully saturated rings. The first-order valence-electron chi connectivity index (χ1n) is 3.36. The van der Waals surface area contributed by atoms with Crippen molar-refractivity contribution in [2.75, 3.05) is 0 Å². The van der Waals surface area contributed by atoms with Gasteiger partial charge >= 0.3 is 0 Å². The van der Waals surface area contributed by atoms with Gasteiger partial charge in [-0.2, -0.15) is 0 Å². The van der Waals surface area contributed by atoms with E-state index in [2.05, 4.69) is 4.98 Å². The van der Waals surface area contributed by atoms with Gasteiger partial charge in [0.1, 0.15) is 11.4 Å². The van der Waals surface area contributed by atoms with Gasteiger partial charge in [-0.25, -0.2) is 13.8 Å². The number of pyridine rings is 1. The van der Waals surface area contributed by atoms with Crippen molar-refractivity contribution in [1.82, 2.24) is 4.98 Å². The van der Waals surface area contributed by atoms with Crippen molar-refractivity contribution < 1.29 is 13.6 Å². The molecule has 0 saturated heterocycles. The fourth-order valence-corrected chi connectivity index (χ4v) is 0.801. The average Bonchev–Trinajstić information content (AvgIpc) is 2.05. The molecule has 0 radical (unpaired) electrons. The van der Waals surface area contributed by atoms with Crippen molar-refractivity contribution in [3.05, 3.63) is 29.1 Å². The van der Waals surface area contributed by atoms with E-state index in [-0.39, 0.29) is 11.4 Å². The summed E-state index contributed by atoms with van der Waals surface area (Å²) in [5.41, 5.74) is 0.324. The monoisotopic (exact) mass is 171 g/mol. The van der Waals surface area contributed by atoms with Gasteiger partial charge in [0, 0.05) is 0 Å². The van der Waals surface area contributed by atoms with Crippen LogP contribution in [0.1, 0.15) is 28.2 Å². The Morgan fingerprint density at radius 2 is 2.17 bits per heavy atom. The highest BCUT2D eigenvalue weighted by Gasteiger charge is 2.09. The lowest BCUT2D eigenvalue weighted by atomic mass is 10.2. The molecule has 1 heterocycles. The zero-order valence-corrected chi connectivity index (χ0v) is 6.42. The topological polar surface area (TPSA) is 30.0 Å². The smallest absolute Gasteiger partial charge is 0.280 e. The van der Waals surface area contributed by atoms with Crippen LogP contribution in [0.3, 0.4) is 0 Å². The summed E-state index contributed by atoms with van der Waals surface area (Å²) in [5, 5.41) is 0. The number of aryl methyl sites for hydroxylation is 1. The minimum atomic E-state index is -2.62. The molecule has 0 aliphatic carbocycles. The molecule has 4 heteroatoms. The highest BCUT2D eigenvalue weighted by molar-refractivity contribution is 5.74. The van der Waals surface area contributed by atoms with Crippen LogP contribution in [0.25, 0.3) is 0 Å². The minimum Gasteiger partial charge on any atom is -0.296 e. The highest BCUT2D eigenvalue weighted by Crippen LogP contribution is 2.17. The van der Waals surface area contributed by atoms with Gasteiger partial charge in [0.15, 0.2) is 6.29 Å². The van der Waals surface area contributed by atoms with Crippen LogP contribution < -0.4 is 0 Å². The third-order valence-corrected chi connectivity index (χ3v) is 1.49. The zero-order chi connectivity index (χ0) is 9.14. The summed E-state index contributed by atoms with van der Waals surface area (Å²) in [4.78, 5) is 13.8. The molecule has 0 spiro atoms. The number of rotatable bonds is 2. The van der Waals surface area contributed by atoms with E-state index >= 15 is 0 Å². The average molecular weight is 171 g/mol. The molecule has 0 unspecified atom stereocenters. The Morgan fingerprint density at radius 1 is 1.50 bits per heavy atom. The molecule has 0 atom stereocenters. The quantitative estimate of drug-likeness (QED) is 0.638. The normalized spacial score (nSPS) is 10.3. The maximum absolute atomic E-state index is 12.0. The second kappa shape index (κ2) is 3.38. The van der Waals surface area contributed by atoms with Gasteiger partial charge in [-0.1, -0.05) is 6.07 Å². The van der Waals surface area contributed by atoms with Crippen LogP contribution in [0.2, 0.25) is 0 Å². The number of halogens is 2. The molecular weight excluding hydrogens is 164 g/mol. The lowest BCUT2D eigenvalue weighted by Gasteiger charge is -2.01. The van der Waals surface area contributed by atoms with E-state index < -0.39 is 6.43 Å². The zero-order valence-electron chi connectivity index (χ0n) is 6.42. The number of carbonyl (C=O) groups excluding carboxylic acids is 1. The predicted molar refractivity (Wildman–Crippen MR) is 39.3 cm³/mol. The molecule has 1 aromatic rings. The van der Waals surface area contributed by atoms with Gasteiger partial charge in [-0.3, -0.25) is 4.79 Å². The Morgan fingerprint density at radius 3 is 2.67 bits per heavy atom. The fourth-order valence-electron chi connectivity index (χ4n) is 0.801. The lowest BCUT2D eigenvalue weighted by Crippen LogP contribution is -1.97. The standard InChI is InChI=1S/C8H7F2NO/c1-5-2-3-6(8(9)10)11-7(5)4-12/h2-4,8H,1H3. The molecule has 1 rings (SSSR count). The first kappa shape index (κ1) is 8.77. The van der Waals surface area contributed by atoms with Crippen molar-refractivity contribution in [2.24, 2.45) is 0 Å². The van der Waals surface area contributed by atoms with E-state index in [1.807, 2.05) is 0 Å². The van der Waals surface area contributed by atoms with Gasteiger partial charge in [-0.15, -0.1) is 0 Å². The summed E-state index contributed by atoms with van der Waals surface area (Å²) in [7, 11) is 0. The van der Waals surface area contributed by atoms with E-state index in [0.29, 0.717) is 11.8 Å². The summed E-state index contributed by atoms with van der Waals surface area (Å²) in [6.45, 7) is 1.64. The Hall–Kier alpha value is -1.32. The molecule has 0 aromatic carbocycles. The Kier molecular flexibility index (Phi) is 2.47.